The summed E-state index contributed by atoms with van der Waals surface area (Å²) in [5.41, 5.74) is 11.8. The quantitative estimate of drug-likeness (QED) is 0.176. The fourth-order valence-corrected chi connectivity index (χ4v) is 8.89. The van der Waals surface area contributed by atoms with Crippen LogP contribution in [-0.4, -0.2) is 12.7 Å². The molecule has 0 saturated heterocycles. The van der Waals surface area contributed by atoms with Crippen LogP contribution in [0.15, 0.2) is 137 Å². The van der Waals surface area contributed by atoms with Crippen LogP contribution in [0.3, 0.4) is 0 Å². The van der Waals surface area contributed by atoms with E-state index in [4.69, 9.17) is 0 Å². The Morgan fingerprint density at radius 3 is 1.42 bits per heavy atom. The number of rotatable bonds is 8. The summed E-state index contributed by atoms with van der Waals surface area (Å²) in [6.07, 6.45) is 5.91. The van der Waals surface area contributed by atoms with E-state index in [9.17, 15) is 0 Å². The molecule has 2 unspecified atom stereocenters. The second kappa shape index (κ2) is 11.8. The summed E-state index contributed by atoms with van der Waals surface area (Å²) in [7, 11) is -4.00. The molecule has 0 amide bonds. The Bertz CT molecular complexity index is 1930. The first-order chi connectivity index (χ1) is 21.9. The molecule has 0 N–H and O–H groups in total. The largest absolute Gasteiger partial charge is 0.244 e. The summed E-state index contributed by atoms with van der Waals surface area (Å²) in [6.45, 7) is 6.26. The zero-order valence-corrected chi connectivity index (χ0v) is 26.8. The molecular formula is C41H37NO2S. The summed E-state index contributed by atoms with van der Waals surface area (Å²) >= 11 is 0. The van der Waals surface area contributed by atoms with Gasteiger partial charge >= 0.3 is 0 Å². The van der Waals surface area contributed by atoms with Gasteiger partial charge in [-0.2, -0.15) is 4.31 Å². The van der Waals surface area contributed by atoms with Crippen LogP contribution in [0.1, 0.15) is 66.6 Å². The first kappa shape index (κ1) is 29.2. The van der Waals surface area contributed by atoms with Gasteiger partial charge in [0.25, 0.3) is 0 Å². The van der Waals surface area contributed by atoms with E-state index in [1.807, 2.05) is 59.8 Å². The van der Waals surface area contributed by atoms with Gasteiger partial charge in [-0.3, -0.25) is 0 Å². The van der Waals surface area contributed by atoms with Gasteiger partial charge < -0.3 is 0 Å². The lowest BCUT2D eigenvalue weighted by Crippen LogP contribution is -2.39. The molecule has 0 bridgehead atoms. The highest BCUT2D eigenvalue weighted by atomic mass is 32.2. The SMILES string of the molecule is CCC1=Cc2cccc(-c3ccccc3)c2C1N(C1C(CC)=Cc2cccc(-c3ccccc3)c21)S(=O)(=O)c1ccc(C)cc1. The van der Waals surface area contributed by atoms with E-state index < -0.39 is 22.1 Å². The van der Waals surface area contributed by atoms with Gasteiger partial charge in [-0.25, -0.2) is 8.42 Å². The van der Waals surface area contributed by atoms with E-state index in [1.54, 1.807) is 12.1 Å². The van der Waals surface area contributed by atoms with Crippen molar-refractivity contribution in [2.45, 2.75) is 50.6 Å². The average molecular weight is 608 g/mol. The Morgan fingerprint density at radius 2 is 1.00 bits per heavy atom. The molecule has 4 heteroatoms. The summed E-state index contributed by atoms with van der Waals surface area (Å²) in [5.74, 6) is 0. The molecule has 0 aliphatic heterocycles. The molecule has 2 aliphatic rings. The summed E-state index contributed by atoms with van der Waals surface area (Å²) in [6, 6.07) is 39.8. The summed E-state index contributed by atoms with van der Waals surface area (Å²) in [5, 5.41) is 0. The van der Waals surface area contributed by atoms with E-state index >= 15 is 8.42 Å². The number of sulfonamides is 1. The molecule has 0 heterocycles. The van der Waals surface area contributed by atoms with Crippen LogP contribution in [0.25, 0.3) is 34.4 Å². The van der Waals surface area contributed by atoms with Gasteiger partial charge in [-0.05, 0) is 87.6 Å². The molecule has 3 nitrogen and oxygen atoms in total. The fourth-order valence-electron chi connectivity index (χ4n) is 7.13. The molecular weight excluding hydrogens is 571 g/mol. The lowest BCUT2D eigenvalue weighted by Gasteiger charge is -2.38. The van der Waals surface area contributed by atoms with Crippen LogP contribution in [0.2, 0.25) is 0 Å². The minimum atomic E-state index is -4.00. The Kier molecular flexibility index (Phi) is 7.64. The Hall–Kier alpha value is -4.51. The van der Waals surface area contributed by atoms with E-state index in [1.165, 1.54) is 0 Å². The number of hydrogen-bond acceptors (Lipinski definition) is 2. The van der Waals surface area contributed by atoms with Gasteiger partial charge in [0.1, 0.15) is 0 Å². The summed E-state index contributed by atoms with van der Waals surface area (Å²) < 4.78 is 32.5. The maximum Gasteiger partial charge on any atom is 0.244 e. The smallest absolute Gasteiger partial charge is 0.207 e. The van der Waals surface area contributed by atoms with Crippen LogP contribution in [0, 0.1) is 6.92 Å². The van der Waals surface area contributed by atoms with Gasteiger partial charge in [0.15, 0.2) is 0 Å². The predicted molar refractivity (Wildman–Crippen MR) is 186 cm³/mol. The maximum absolute atomic E-state index is 15.3. The molecule has 45 heavy (non-hydrogen) atoms. The lowest BCUT2D eigenvalue weighted by atomic mass is 9.89. The predicted octanol–water partition coefficient (Wildman–Crippen LogP) is 10.4. The Morgan fingerprint density at radius 1 is 0.556 bits per heavy atom. The van der Waals surface area contributed by atoms with Crippen LogP contribution in [0.4, 0.5) is 0 Å². The topological polar surface area (TPSA) is 37.4 Å². The zero-order chi connectivity index (χ0) is 31.1. The van der Waals surface area contributed by atoms with Crippen LogP contribution >= 0.6 is 0 Å². The molecule has 0 radical (unpaired) electrons. The number of nitrogens with zero attached hydrogens (tertiary/aromatic N) is 1. The van der Waals surface area contributed by atoms with E-state index in [-0.39, 0.29) is 0 Å². The summed E-state index contributed by atoms with van der Waals surface area (Å²) in [4.78, 5) is 0.315. The highest BCUT2D eigenvalue weighted by Crippen LogP contribution is 2.55. The van der Waals surface area contributed by atoms with E-state index in [0.29, 0.717) is 4.90 Å². The molecule has 0 saturated carbocycles. The Balaban J connectivity index is 1.53. The van der Waals surface area contributed by atoms with Crippen molar-refractivity contribution < 1.29 is 8.42 Å². The number of fused-ring (bicyclic) bond motifs is 2. The molecule has 5 aromatic rings. The van der Waals surface area contributed by atoms with Crippen LogP contribution in [-0.2, 0) is 10.0 Å². The fraction of sp³-hybridized carbons (Fsp3) is 0.171. The second-order valence-corrected chi connectivity index (χ2v) is 13.8. The van der Waals surface area contributed by atoms with E-state index in [0.717, 1.165) is 74.1 Å². The van der Waals surface area contributed by atoms with Gasteiger partial charge in [-0.15, -0.1) is 0 Å². The van der Waals surface area contributed by atoms with Crippen molar-refractivity contribution in [2.24, 2.45) is 0 Å². The third-order valence-corrected chi connectivity index (χ3v) is 11.1. The van der Waals surface area contributed by atoms with Crippen molar-refractivity contribution in [3.63, 3.8) is 0 Å². The molecule has 2 atom stereocenters. The minimum absolute atomic E-state index is 0.315. The Labute approximate surface area is 267 Å². The van der Waals surface area contributed by atoms with Crippen LogP contribution in [0.5, 0.6) is 0 Å². The number of benzene rings is 5. The molecule has 0 spiro atoms. The van der Waals surface area contributed by atoms with Gasteiger partial charge in [0.2, 0.25) is 10.0 Å². The number of hydrogen-bond donors (Lipinski definition) is 0. The first-order valence-electron chi connectivity index (χ1n) is 15.8. The van der Waals surface area contributed by atoms with Crippen molar-refractivity contribution >= 4 is 22.2 Å². The normalized spacial score (nSPS) is 17.2. The molecule has 0 aromatic heterocycles. The molecule has 224 valence electrons. The van der Waals surface area contributed by atoms with E-state index in [2.05, 4.69) is 86.7 Å². The van der Waals surface area contributed by atoms with Crippen molar-refractivity contribution in [2.75, 3.05) is 0 Å². The molecule has 5 aromatic carbocycles. The van der Waals surface area contributed by atoms with Gasteiger partial charge in [0.05, 0.1) is 17.0 Å². The molecule has 2 aliphatic carbocycles. The van der Waals surface area contributed by atoms with Crippen molar-refractivity contribution in [1.82, 2.24) is 4.31 Å². The third kappa shape index (κ3) is 4.99. The first-order valence-corrected chi connectivity index (χ1v) is 17.2. The molecule has 7 rings (SSSR count). The van der Waals surface area contributed by atoms with Crippen LogP contribution < -0.4 is 0 Å². The van der Waals surface area contributed by atoms with Gasteiger partial charge in [0, 0.05) is 0 Å². The highest BCUT2D eigenvalue weighted by molar-refractivity contribution is 7.89. The zero-order valence-electron chi connectivity index (χ0n) is 25.9. The monoisotopic (exact) mass is 607 g/mol. The highest BCUT2D eigenvalue weighted by Gasteiger charge is 2.47. The minimum Gasteiger partial charge on any atom is -0.207 e. The second-order valence-electron chi connectivity index (χ2n) is 11.9. The molecule has 0 fully saturated rings. The maximum atomic E-state index is 15.3. The standard InChI is InChI=1S/C41H37NO2S/c1-4-29-26-33-18-12-20-36(31-14-8-6-9-15-31)38(33)40(29)42(45(43,44)35-24-22-28(3)23-25-35)41-30(5-2)27-34-19-13-21-37(39(34)41)32-16-10-7-11-17-32/h6-27,40-41H,4-5H2,1-3H3. The number of aryl methyl sites for hydroxylation is 1. The van der Waals surface area contributed by atoms with Crippen molar-refractivity contribution in [3.05, 3.63) is 160 Å². The average Bonchev–Trinajstić information content (AvgIpc) is 3.64. The van der Waals surface area contributed by atoms with Crippen molar-refractivity contribution in [1.29, 1.82) is 0 Å². The third-order valence-electron chi connectivity index (χ3n) is 9.30. The van der Waals surface area contributed by atoms with Crippen molar-refractivity contribution in [3.8, 4) is 22.3 Å². The lowest BCUT2D eigenvalue weighted by molar-refractivity contribution is 0.305. The van der Waals surface area contributed by atoms with Gasteiger partial charge in [-0.1, -0.05) is 141 Å².